The first-order valence-electron chi connectivity index (χ1n) is 9.69. The number of nitrogens with one attached hydrogen (secondary N) is 1. The fourth-order valence-corrected chi connectivity index (χ4v) is 3.69. The maximum absolute atomic E-state index is 4.90. The van der Waals surface area contributed by atoms with E-state index in [9.17, 15) is 0 Å². The van der Waals surface area contributed by atoms with Gasteiger partial charge in [0.25, 0.3) is 0 Å². The molecular weight excluding hydrogens is 439 g/mol. The van der Waals surface area contributed by atoms with Gasteiger partial charge in [-0.25, -0.2) is 0 Å². The highest BCUT2D eigenvalue weighted by atomic mass is 127. The van der Waals surface area contributed by atoms with Crippen molar-refractivity contribution in [3.63, 3.8) is 0 Å². The van der Waals surface area contributed by atoms with Gasteiger partial charge >= 0.3 is 0 Å². The molecule has 2 rings (SSSR count). The van der Waals surface area contributed by atoms with E-state index in [4.69, 9.17) is 4.99 Å². The molecule has 0 aliphatic carbocycles. The molecule has 1 fully saturated rings. The second kappa shape index (κ2) is 11.1. The van der Waals surface area contributed by atoms with Crippen LogP contribution in [0, 0.1) is 0 Å². The smallest absolute Gasteiger partial charge is 0.193 e. The molecule has 1 atom stereocenters. The molecule has 1 aromatic heterocycles. The van der Waals surface area contributed by atoms with Crippen molar-refractivity contribution in [2.24, 2.45) is 12.0 Å². The Kier molecular flexibility index (Phi) is 9.92. The van der Waals surface area contributed by atoms with Gasteiger partial charge < -0.3 is 10.2 Å². The summed E-state index contributed by atoms with van der Waals surface area (Å²) in [6.07, 6.45) is 5.31. The average molecular weight is 476 g/mol. The number of hydrogen-bond donors (Lipinski definition) is 1. The van der Waals surface area contributed by atoms with E-state index >= 15 is 0 Å². The summed E-state index contributed by atoms with van der Waals surface area (Å²) >= 11 is 0. The Hall–Kier alpha value is -0.830. The largest absolute Gasteiger partial charge is 0.357 e. The van der Waals surface area contributed by atoms with Crippen molar-refractivity contribution in [1.29, 1.82) is 0 Å². The summed E-state index contributed by atoms with van der Waals surface area (Å²) in [6.45, 7) is 16.0. The monoisotopic (exact) mass is 476 g/mol. The summed E-state index contributed by atoms with van der Waals surface area (Å²) in [5, 5.41) is 7.79. The minimum atomic E-state index is 0. The van der Waals surface area contributed by atoms with Crippen LogP contribution in [0.2, 0.25) is 0 Å². The van der Waals surface area contributed by atoms with Crippen LogP contribution in [0.1, 0.15) is 52.5 Å². The van der Waals surface area contributed by atoms with Crippen LogP contribution in [0.5, 0.6) is 0 Å². The molecule has 2 heterocycles. The van der Waals surface area contributed by atoms with E-state index < -0.39 is 0 Å². The molecule has 1 aliphatic rings. The first kappa shape index (κ1) is 23.2. The van der Waals surface area contributed by atoms with Gasteiger partial charge in [0.1, 0.15) is 0 Å². The quantitative estimate of drug-likeness (QED) is 0.374. The number of guanidine groups is 1. The van der Waals surface area contributed by atoms with Crippen LogP contribution >= 0.6 is 24.0 Å². The summed E-state index contributed by atoms with van der Waals surface area (Å²) in [5.74, 6) is 1.61. The molecular formula is C19H37IN6. The Morgan fingerprint density at radius 3 is 2.58 bits per heavy atom. The molecule has 1 N–H and O–H groups in total. The second-order valence-corrected chi connectivity index (χ2v) is 7.54. The predicted octanol–water partition coefficient (Wildman–Crippen LogP) is 2.91. The van der Waals surface area contributed by atoms with Gasteiger partial charge in [-0.3, -0.25) is 14.6 Å². The van der Waals surface area contributed by atoms with E-state index in [1.807, 2.05) is 17.9 Å². The number of likely N-dealkylation sites (tertiary alicyclic amines) is 1. The molecule has 1 saturated heterocycles. The van der Waals surface area contributed by atoms with Crippen molar-refractivity contribution < 1.29 is 0 Å². The summed E-state index contributed by atoms with van der Waals surface area (Å²) < 4.78 is 1.89. The van der Waals surface area contributed by atoms with Crippen LogP contribution in [0.25, 0.3) is 0 Å². The lowest BCUT2D eigenvalue weighted by molar-refractivity contribution is 0.180. The van der Waals surface area contributed by atoms with Gasteiger partial charge in [0, 0.05) is 57.4 Å². The van der Waals surface area contributed by atoms with Crippen LogP contribution in [-0.4, -0.2) is 70.3 Å². The third-order valence-corrected chi connectivity index (χ3v) is 4.97. The van der Waals surface area contributed by atoms with E-state index in [-0.39, 0.29) is 24.0 Å². The Bertz CT molecular complexity index is 546. The molecule has 0 aromatic carbocycles. The molecule has 26 heavy (non-hydrogen) atoms. The SMILES string of the molecule is CCNC(=NCCN(C(C)C)C(C)C)N1CCC(c2cnn(C)c2)C1.I. The fraction of sp³-hybridized carbons (Fsp3) is 0.789. The van der Waals surface area contributed by atoms with Crippen molar-refractivity contribution in [3.8, 4) is 0 Å². The van der Waals surface area contributed by atoms with Gasteiger partial charge in [0.05, 0.1) is 12.7 Å². The molecule has 0 spiro atoms. The Morgan fingerprint density at radius 1 is 1.35 bits per heavy atom. The Balaban J connectivity index is 0.00000338. The van der Waals surface area contributed by atoms with Crippen molar-refractivity contribution in [3.05, 3.63) is 18.0 Å². The van der Waals surface area contributed by atoms with Crippen LogP contribution in [0.4, 0.5) is 0 Å². The summed E-state index contributed by atoms with van der Waals surface area (Å²) in [6, 6.07) is 1.11. The third-order valence-electron chi connectivity index (χ3n) is 4.97. The van der Waals surface area contributed by atoms with Crippen molar-refractivity contribution in [2.45, 2.75) is 59.0 Å². The summed E-state index contributed by atoms with van der Waals surface area (Å²) in [7, 11) is 1.98. The van der Waals surface area contributed by atoms with Crippen LogP contribution in [-0.2, 0) is 7.05 Å². The molecule has 7 heteroatoms. The first-order chi connectivity index (χ1) is 11.9. The highest BCUT2D eigenvalue weighted by Crippen LogP contribution is 2.26. The highest BCUT2D eigenvalue weighted by Gasteiger charge is 2.27. The lowest BCUT2D eigenvalue weighted by Gasteiger charge is -2.30. The van der Waals surface area contributed by atoms with E-state index in [0.29, 0.717) is 18.0 Å². The number of aromatic nitrogens is 2. The maximum Gasteiger partial charge on any atom is 0.193 e. The lowest BCUT2D eigenvalue weighted by Crippen LogP contribution is -2.42. The molecule has 1 aliphatic heterocycles. The normalized spacial score (nSPS) is 18.1. The van der Waals surface area contributed by atoms with Gasteiger partial charge in [-0.1, -0.05) is 0 Å². The summed E-state index contributed by atoms with van der Waals surface area (Å²) in [5.41, 5.74) is 1.34. The lowest BCUT2D eigenvalue weighted by atomic mass is 10.0. The average Bonchev–Trinajstić information content (AvgIpc) is 3.18. The topological polar surface area (TPSA) is 48.7 Å². The van der Waals surface area contributed by atoms with Crippen LogP contribution < -0.4 is 5.32 Å². The van der Waals surface area contributed by atoms with E-state index in [0.717, 1.165) is 38.7 Å². The zero-order valence-corrected chi connectivity index (χ0v) is 19.6. The van der Waals surface area contributed by atoms with Gasteiger partial charge in [0.2, 0.25) is 0 Å². The molecule has 0 bridgehead atoms. The Morgan fingerprint density at radius 2 is 2.04 bits per heavy atom. The molecule has 150 valence electrons. The first-order valence-corrected chi connectivity index (χ1v) is 9.69. The van der Waals surface area contributed by atoms with Crippen molar-refractivity contribution in [2.75, 3.05) is 32.7 Å². The van der Waals surface area contributed by atoms with Gasteiger partial charge in [0.15, 0.2) is 5.96 Å². The van der Waals surface area contributed by atoms with Crippen LogP contribution in [0.15, 0.2) is 17.4 Å². The summed E-state index contributed by atoms with van der Waals surface area (Å²) in [4.78, 5) is 9.80. The molecule has 0 saturated carbocycles. The highest BCUT2D eigenvalue weighted by molar-refractivity contribution is 14.0. The van der Waals surface area contributed by atoms with Crippen LogP contribution in [0.3, 0.4) is 0 Å². The number of aryl methyl sites for hydroxylation is 1. The number of halogens is 1. The third kappa shape index (κ3) is 6.40. The van der Waals surface area contributed by atoms with Crippen molar-refractivity contribution >= 4 is 29.9 Å². The molecule has 1 unspecified atom stereocenters. The second-order valence-electron chi connectivity index (χ2n) is 7.54. The minimum absolute atomic E-state index is 0. The molecule has 0 radical (unpaired) electrons. The Labute approximate surface area is 176 Å². The standard InChI is InChI=1S/C19H36N6.HI/c1-7-20-19(21-9-11-25(15(2)3)16(4)5)24-10-8-17(14-24)18-12-22-23(6)13-18;/h12-13,15-17H,7-11,14H2,1-6H3,(H,20,21);1H. The fourth-order valence-electron chi connectivity index (χ4n) is 3.69. The van der Waals surface area contributed by atoms with E-state index in [2.05, 4.69) is 61.0 Å². The minimum Gasteiger partial charge on any atom is -0.357 e. The molecule has 0 amide bonds. The molecule has 6 nitrogen and oxygen atoms in total. The van der Waals surface area contributed by atoms with E-state index in [1.165, 1.54) is 12.0 Å². The predicted molar refractivity (Wildman–Crippen MR) is 121 cm³/mol. The zero-order valence-electron chi connectivity index (χ0n) is 17.3. The molecule has 1 aromatic rings. The van der Waals surface area contributed by atoms with Gasteiger partial charge in [-0.2, -0.15) is 5.10 Å². The number of rotatable bonds is 7. The number of hydrogen-bond acceptors (Lipinski definition) is 3. The number of aliphatic imine (C=N–C) groups is 1. The van der Waals surface area contributed by atoms with Crippen molar-refractivity contribution in [1.82, 2.24) is 24.9 Å². The van der Waals surface area contributed by atoms with Gasteiger partial charge in [-0.05, 0) is 46.6 Å². The van der Waals surface area contributed by atoms with E-state index in [1.54, 1.807) is 0 Å². The maximum atomic E-state index is 4.90. The van der Waals surface area contributed by atoms with Gasteiger partial charge in [-0.15, -0.1) is 24.0 Å². The zero-order chi connectivity index (χ0) is 18.4. The number of nitrogens with zero attached hydrogens (tertiary/aromatic N) is 5.